The van der Waals surface area contributed by atoms with Gasteiger partial charge in [0.1, 0.15) is 6.11 Å². The first-order chi connectivity index (χ1) is 8.81. The van der Waals surface area contributed by atoms with Gasteiger partial charge >= 0.3 is 6.09 Å². The molecule has 104 valence electrons. The number of hydrogen-bond donors (Lipinski definition) is 1. The zero-order valence-corrected chi connectivity index (χ0v) is 11.7. The maximum atomic E-state index is 10.8. The molecule has 3 nitrogen and oxygen atoms in total. The van der Waals surface area contributed by atoms with Crippen LogP contribution in [0.25, 0.3) is 0 Å². The molecule has 0 atom stereocenters. The molecule has 0 saturated heterocycles. The molecule has 0 heterocycles. The minimum atomic E-state index is -0.520. The predicted octanol–water partition coefficient (Wildman–Crippen LogP) is 4.22. The number of ether oxygens (including phenoxy) is 1. The van der Waals surface area contributed by atoms with Gasteiger partial charge in [0.2, 0.25) is 0 Å². The molecule has 0 saturated carbocycles. The fourth-order valence-electron chi connectivity index (χ4n) is 1.89. The molecular formula is C15H27NO2. The molecule has 0 aromatic heterocycles. The Bertz CT molecular complexity index is 233. The van der Waals surface area contributed by atoms with Crippen molar-refractivity contribution in [1.29, 1.82) is 0 Å². The van der Waals surface area contributed by atoms with E-state index in [0.717, 1.165) is 12.8 Å². The molecule has 3 heteroatoms. The van der Waals surface area contributed by atoms with Crippen LogP contribution in [0, 0.1) is 12.5 Å². The number of alkyl carbamates (subject to hydrolysis) is 1. The summed E-state index contributed by atoms with van der Waals surface area (Å²) in [5.74, 6) is 0. The standard InChI is InChI=1S/C15H27NO2/c1-3-5-6-7-8-9-10-11-12-13-14-16-15(17)18-4-2/h2H,3,5-14H2,1H3,(H,16,17). The maximum absolute atomic E-state index is 10.8. The average molecular weight is 253 g/mol. The Morgan fingerprint density at radius 2 is 1.50 bits per heavy atom. The highest BCUT2D eigenvalue weighted by atomic mass is 16.5. The minimum Gasteiger partial charge on any atom is -0.356 e. The first-order valence-electron chi connectivity index (χ1n) is 7.21. The van der Waals surface area contributed by atoms with Gasteiger partial charge in [-0.2, -0.15) is 0 Å². The number of nitrogens with one attached hydrogen (secondary N) is 1. The Labute approximate surface area is 112 Å². The molecule has 0 aliphatic heterocycles. The number of hydrogen-bond acceptors (Lipinski definition) is 2. The van der Waals surface area contributed by atoms with Gasteiger partial charge < -0.3 is 10.1 Å². The Morgan fingerprint density at radius 3 is 2.00 bits per heavy atom. The molecule has 18 heavy (non-hydrogen) atoms. The molecule has 0 fully saturated rings. The van der Waals surface area contributed by atoms with E-state index in [-0.39, 0.29) is 0 Å². The number of amides is 1. The monoisotopic (exact) mass is 253 g/mol. The lowest BCUT2D eigenvalue weighted by Gasteiger charge is -2.03. The van der Waals surface area contributed by atoms with Crippen LogP contribution in [0.15, 0.2) is 0 Å². The molecule has 1 amide bonds. The van der Waals surface area contributed by atoms with Crippen LogP contribution in [-0.4, -0.2) is 12.6 Å². The number of carbonyl (C=O) groups excluding carboxylic acids is 1. The summed E-state index contributed by atoms with van der Waals surface area (Å²) in [6.45, 7) is 2.89. The molecule has 0 aliphatic rings. The second-order valence-corrected chi connectivity index (χ2v) is 4.62. The topological polar surface area (TPSA) is 38.3 Å². The molecule has 0 unspecified atom stereocenters. The van der Waals surface area contributed by atoms with Crippen LogP contribution in [0.4, 0.5) is 4.79 Å². The quantitative estimate of drug-likeness (QED) is 0.442. The van der Waals surface area contributed by atoms with Gasteiger partial charge in [-0.1, -0.05) is 71.1 Å². The molecular weight excluding hydrogens is 226 g/mol. The average Bonchev–Trinajstić information content (AvgIpc) is 2.36. The van der Waals surface area contributed by atoms with Gasteiger partial charge in [-0.25, -0.2) is 4.79 Å². The summed E-state index contributed by atoms with van der Waals surface area (Å²) in [4.78, 5) is 10.8. The third-order valence-electron chi connectivity index (χ3n) is 2.95. The summed E-state index contributed by atoms with van der Waals surface area (Å²) in [5, 5.41) is 2.61. The Balaban J connectivity index is 3.03. The molecule has 0 aromatic carbocycles. The predicted molar refractivity (Wildman–Crippen MR) is 75.2 cm³/mol. The molecule has 0 bridgehead atoms. The van der Waals surface area contributed by atoms with E-state index in [4.69, 9.17) is 6.42 Å². The van der Waals surface area contributed by atoms with E-state index in [9.17, 15) is 4.79 Å². The lowest BCUT2D eigenvalue weighted by atomic mass is 10.1. The summed E-state index contributed by atoms with van der Waals surface area (Å²) < 4.78 is 4.31. The molecule has 0 aliphatic carbocycles. The van der Waals surface area contributed by atoms with Gasteiger partial charge in [0.25, 0.3) is 0 Å². The third-order valence-corrected chi connectivity index (χ3v) is 2.95. The van der Waals surface area contributed by atoms with E-state index in [1.807, 2.05) is 6.11 Å². The van der Waals surface area contributed by atoms with E-state index in [1.54, 1.807) is 0 Å². The van der Waals surface area contributed by atoms with Crippen molar-refractivity contribution in [3.05, 3.63) is 0 Å². The molecule has 1 N–H and O–H groups in total. The number of carbonyl (C=O) groups is 1. The molecule has 0 rings (SSSR count). The Morgan fingerprint density at radius 1 is 1.00 bits per heavy atom. The smallest absolute Gasteiger partial charge is 0.356 e. The van der Waals surface area contributed by atoms with Gasteiger partial charge in [0.05, 0.1) is 0 Å². The van der Waals surface area contributed by atoms with Crippen molar-refractivity contribution in [3.63, 3.8) is 0 Å². The first-order valence-corrected chi connectivity index (χ1v) is 7.21. The van der Waals surface area contributed by atoms with Crippen LogP contribution >= 0.6 is 0 Å². The fraction of sp³-hybridized carbons (Fsp3) is 0.800. The lowest BCUT2D eigenvalue weighted by molar-refractivity contribution is 0.191. The van der Waals surface area contributed by atoms with Crippen molar-refractivity contribution in [2.24, 2.45) is 0 Å². The minimum absolute atomic E-state index is 0.520. The number of rotatable bonds is 11. The zero-order valence-electron chi connectivity index (χ0n) is 11.7. The van der Waals surface area contributed by atoms with E-state index in [1.165, 1.54) is 51.4 Å². The summed E-state index contributed by atoms with van der Waals surface area (Å²) in [7, 11) is 0. The van der Waals surface area contributed by atoms with E-state index < -0.39 is 6.09 Å². The molecule has 0 radical (unpaired) electrons. The van der Waals surface area contributed by atoms with Crippen molar-refractivity contribution in [2.45, 2.75) is 71.1 Å². The van der Waals surface area contributed by atoms with Crippen molar-refractivity contribution in [3.8, 4) is 12.5 Å². The highest BCUT2D eigenvalue weighted by Gasteiger charge is 1.98. The zero-order chi connectivity index (χ0) is 13.5. The van der Waals surface area contributed by atoms with Crippen LogP contribution < -0.4 is 5.32 Å². The molecule has 0 aromatic rings. The maximum Gasteiger partial charge on any atom is 0.421 e. The van der Waals surface area contributed by atoms with E-state index >= 15 is 0 Å². The molecule has 0 spiro atoms. The fourth-order valence-corrected chi connectivity index (χ4v) is 1.89. The second-order valence-electron chi connectivity index (χ2n) is 4.62. The van der Waals surface area contributed by atoms with Crippen LogP contribution in [0.2, 0.25) is 0 Å². The van der Waals surface area contributed by atoms with Gasteiger partial charge in [0.15, 0.2) is 0 Å². The van der Waals surface area contributed by atoms with Crippen LogP contribution in [-0.2, 0) is 4.74 Å². The first kappa shape index (κ1) is 16.8. The largest absolute Gasteiger partial charge is 0.421 e. The lowest BCUT2D eigenvalue weighted by Crippen LogP contribution is -2.23. The van der Waals surface area contributed by atoms with Gasteiger partial charge in [0, 0.05) is 6.54 Å². The highest BCUT2D eigenvalue weighted by molar-refractivity contribution is 5.68. The van der Waals surface area contributed by atoms with Crippen LogP contribution in [0.5, 0.6) is 0 Å². The third kappa shape index (κ3) is 12.9. The second kappa shape index (κ2) is 13.9. The number of unbranched alkanes of at least 4 members (excludes halogenated alkanes) is 9. The number of terminal acetylenes is 1. The summed E-state index contributed by atoms with van der Waals surface area (Å²) >= 11 is 0. The van der Waals surface area contributed by atoms with Crippen LogP contribution in [0.1, 0.15) is 71.1 Å². The van der Waals surface area contributed by atoms with Crippen molar-refractivity contribution < 1.29 is 9.53 Å². The van der Waals surface area contributed by atoms with Gasteiger partial charge in [-0.3, -0.25) is 0 Å². The summed E-state index contributed by atoms with van der Waals surface area (Å²) in [6, 6.07) is 0. The van der Waals surface area contributed by atoms with Crippen molar-refractivity contribution >= 4 is 6.09 Å². The van der Waals surface area contributed by atoms with Gasteiger partial charge in [-0.05, 0) is 6.42 Å². The van der Waals surface area contributed by atoms with Gasteiger partial charge in [-0.15, -0.1) is 0 Å². The SMILES string of the molecule is C#COC(=O)NCCCCCCCCCCCC. The van der Waals surface area contributed by atoms with Crippen molar-refractivity contribution in [1.82, 2.24) is 5.32 Å². The van der Waals surface area contributed by atoms with E-state index in [0.29, 0.717) is 6.54 Å². The highest BCUT2D eigenvalue weighted by Crippen LogP contribution is 2.10. The normalized spacial score (nSPS) is 9.78. The van der Waals surface area contributed by atoms with E-state index in [2.05, 4.69) is 17.0 Å². The Kier molecular flexibility index (Phi) is 13.0. The summed E-state index contributed by atoms with van der Waals surface area (Å²) in [5.41, 5.74) is 0. The Hall–Kier alpha value is -1.17. The van der Waals surface area contributed by atoms with Crippen molar-refractivity contribution in [2.75, 3.05) is 6.54 Å². The summed E-state index contributed by atoms with van der Waals surface area (Å²) in [6.07, 6.45) is 19.0. The van der Waals surface area contributed by atoms with Crippen LogP contribution in [0.3, 0.4) is 0 Å².